The molecule has 0 atom stereocenters. The minimum Gasteiger partial charge on any atom is -0.469 e. The molecule has 0 bridgehead atoms. The SMILES string of the molecule is COC(=O)CCC(=O)NCc1ccc(S(N)(=O)=O)cc1. The second kappa shape index (κ2) is 7.01. The van der Waals surface area contributed by atoms with Gasteiger partial charge in [0.05, 0.1) is 18.4 Å². The Morgan fingerprint density at radius 2 is 1.80 bits per heavy atom. The lowest BCUT2D eigenvalue weighted by molar-refractivity contribution is -0.142. The zero-order valence-corrected chi connectivity index (χ0v) is 11.8. The van der Waals surface area contributed by atoms with Crippen molar-refractivity contribution < 1.29 is 22.7 Å². The van der Waals surface area contributed by atoms with Crippen LogP contribution in [0.5, 0.6) is 0 Å². The number of esters is 1. The standard InChI is InChI=1S/C12H16N2O5S/c1-19-12(16)7-6-11(15)14-8-9-2-4-10(5-3-9)20(13,17)18/h2-5H,6-8H2,1H3,(H,14,15)(H2,13,17,18). The molecule has 1 aromatic rings. The average molecular weight is 300 g/mol. The van der Waals surface area contributed by atoms with E-state index in [1.165, 1.54) is 19.2 Å². The van der Waals surface area contributed by atoms with Crippen LogP contribution in [0.15, 0.2) is 29.2 Å². The molecule has 0 saturated heterocycles. The number of hydrogen-bond donors (Lipinski definition) is 2. The van der Waals surface area contributed by atoms with E-state index in [-0.39, 0.29) is 30.2 Å². The van der Waals surface area contributed by atoms with E-state index in [0.717, 1.165) is 5.56 Å². The number of ether oxygens (including phenoxy) is 1. The fraction of sp³-hybridized carbons (Fsp3) is 0.333. The Kier molecular flexibility index (Phi) is 5.66. The van der Waals surface area contributed by atoms with E-state index in [1.807, 2.05) is 0 Å². The molecule has 20 heavy (non-hydrogen) atoms. The largest absolute Gasteiger partial charge is 0.469 e. The van der Waals surface area contributed by atoms with Crippen molar-refractivity contribution in [1.82, 2.24) is 5.32 Å². The van der Waals surface area contributed by atoms with E-state index in [9.17, 15) is 18.0 Å². The minimum absolute atomic E-state index is 0.0123. The molecule has 0 aliphatic heterocycles. The van der Waals surface area contributed by atoms with Crippen LogP contribution in [0.1, 0.15) is 18.4 Å². The normalized spacial score (nSPS) is 10.9. The molecule has 8 heteroatoms. The van der Waals surface area contributed by atoms with Crippen LogP contribution in [-0.4, -0.2) is 27.4 Å². The van der Waals surface area contributed by atoms with Gasteiger partial charge in [-0.2, -0.15) is 0 Å². The Labute approximate surface area is 117 Å². The summed E-state index contributed by atoms with van der Waals surface area (Å²) < 4.78 is 26.5. The van der Waals surface area contributed by atoms with Crippen molar-refractivity contribution in [2.24, 2.45) is 5.14 Å². The lowest BCUT2D eigenvalue weighted by atomic mass is 10.2. The molecule has 1 rings (SSSR count). The number of methoxy groups -OCH3 is 1. The first-order chi connectivity index (χ1) is 9.32. The van der Waals surface area contributed by atoms with Crippen LogP contribution < -0.4 is 10.5 Å². The average Bonchev–Trinajstić information content (AvgIpc) is 2.41. The Bertz CT molecular complexity index is 580. The third-order valence-corrected chi connectivity index (χ3v) is 3.45. The van der Waals surface area contributed by atoms with Crippen LogP contribution in [0, 0.1) is 0 Å². The predicted molar refractivity (Wildman–Crippen MR) is 70.9 cm³/mol. The Morgan fingerprint density at radius 3 is 2.30 bits per heavy atom. The van der Waals surface area contributed by atoms with Crippen molar-refractivity contribution in [3.63, 3.8) is 0 Å². The molecule has 0 aliphatic rings. The summed E-state index contributed by atoms with van der Waals surface area (Å²) in [5.74, 6) is -0.733. The van der Waals surface area contributed by atoms with Gasteiger partial charge >= 0.3 is 5.97 Å². The number of primary sulfonamides is 1. The molecule has 1 aromatic carbocycles. The maximum atomic E-state index is 11.4. The second-order valence-electron chi connectivity index (χ2n) is 4.04. The molecule has 0 unspecified atom stereocenters. The van der Waals surface area contributed by atoms with Gasteiger partial charge in [0, 0.05) is 13.0 Å². The van der Waals surface area contributed by atoms with Crippen molar-refractivity contribution in [2.75, 3.05) is 7.11 Å². The Balaban J connectivity index is 2.46. The van der Waals surface area contributed by atoms with Gasteiger partial charge in [-0.15, -0.1) is 0 Å². The maximum Gasteiger partial charge on any atom is 0.306 e. The molecule has 110 valence electrons. The smallest absolute Gasteiger partial charge is 0.306 e. The summed E-state index contributed by atoms with van der Waals surface area (Å²) >= 11 is 0. The van der Waals surface area contributed by atoms with E-state index in [0.29, 0.717) is 0 Å². The summed E-state index contributed by atoms with van der Waals surface area (Å²) in [7, 11) is -2.45. The van der Waals surface area contributed by atoms with Gasteiger partial charge in [-0.25, -0.2) is 13.6 Å². The molecule has 0 radical (unpaired) electrons. The van der Waals surface area contributed by atoms with Crippen LogP contribution in [0.3, 0.4) is 0 Å². The summed E-state index contributed by atoms with van der Waals surface area (Å²) in [4.78, 5) is 22.3. The number of carbonyl (C=O) groups excluding carboxylic acids is 2. The molecule has 0 spiro atoms. The first kappa shape index (κ1) is 16.1. The Morgan fingerprint density at radius 1 is 1.20 bits per heavy atom. The van der Waals surface area contributed by atoms with Gasteiger partial charge in [0.25, 0.3) is 0 Å². The van der Waals surface area contributed by atoms with Crippen molar-refractivity contribution in [2.45, 2.75) is 24.3 Å². The quantitative estimate of drug-likeness (QED) is 0.712. The predicted octanol–water partition coefficient (Wildman–Crippen LogP) is -0.0966. The molecule has 7 nitrogen and oxygen atoms in total. The third kappa shape index (κ3) is 5.37. The van der Waals surface area contributed by atoms with Crippen LogP contribution in [-0.2, 0) is 30.9 Å². The fourth-order valence-electron chi connectivity index (χ4n) is 1.40. The molecular weight excluding hydrogens is 284 g/mol. The van der Waals surface area contributed by atoms with E-state index < -0.39 is 16.0 Å². The molecule has 0 saturated carbocycles. The van der Waals surface area contributed by atoms with E-state index in [2.05, 4.69) is 10.1 Å². The second-order valence-corrected chi connectivity index (χ2v) is 5.60. The van der Waals surface area contributed by atoms with Crippen molar-refractivity contribution >= 4 is 21.9 Å². The minimum atomic E-state index is -3.71. The third-order valence-electron chi connectivity index (χ3n) is 2.53. The van der Waals surface area contributed by atoms with E-state index in [4.69, 9.17) is 5.14 Å². The highest BCUT2D eigenvalue weighted by Gasteiger charge is 2.08. The van der Waals surface area contributed by atoms with Gasteiger partial charge in [-0.05, 0) is 17.7 Å². The number of hydrogen-bond acceptors (Lipinski definition) is 5. The fourth-order valence-corrected chi connectivity index (χ4v) is 1.92. The summed E-state index contributed by atoms with van der Waals surface area (Å²) in [5, 5.41) is 7.58. The summed E-state index contributed by atoms with van der Waals surface area (Å²) in [6.45, 7) is 0.241. The number of benzene rings is 1. The van der Waals surface area contributed by atoms with Crippen molar-refractivity contribution in [3.8, 4) is 0 Å². The topological polar surface area (TPSA) is 116 Å². The maximum absolute atomic E-state index is 11.4. The van der Waals surface area contributed by atoms with E-state index >= 15 is 0 Å². The Hall–Kier alpha value is -1.93. The highest BCUT2D eigenvalue weighted by molar-refractivity contribution is 7.89. The highest BCUT2D eigenvalue weighted by atomic mass is 32.2. The molecule has 0 aromatic heterocycles. The molecule has 0 fully saturated rings. The molecule has 0 heterocycles. The summed E-state index contributed by atoms with van der Waals surface area (Å²) in [5.41, 5.74) is 0.726. The van der Waals surface area contributed by atoms with Gasteiger partial charge in [0.1, 0.15) is 0 Å². The van der Waals surface area contributed by atoms with E-state index in [1.54, 1.807) is 12.1 Å². The molecule has 0 aliphatic carbocycles. The van der Waals surface area contributed by atoms with Crippen LogP contribution in [0.25, 0.3) is 0 Å². The number of sulfonamides is 1. The number of carbonyl (C=O) groups is 2. The highest BCUT2D eigenvalue weighted by Crippen LogP contribution is 2.08. The summed E-state index contributed by atoms with van der Waals surface area (Å²) in [6, 6.07) is 5.84. The first-order valence-electron chi connectivity index (χ1n) is 5.78. The van der Waals surface area contributed by atoms with Gasteiger partial charge in [0.2, 0.25) is 15.9 Å². The zero-order chi connectivity index (χ0) is 15.2. The van der Waals surface area contributed by atoms with Crippen LogP contribution in [0.2, 0.25) is 0 Å². The van der Waals surface area contributed by atoms with Gasteiger partial charge in [0.15, 0.2) is 0 Å². The van der Waals surface area contributed by atoms with Crippen molar-refractivity contribution in [3.05, 3.63) is 29.8 Å². The number of amides is 1. The van der Waals surface area contributed by atoms with Crippen LogP contribution >= 0.6 is 0 Å². The van der Waals surface area contributed by atoms with Gasteiger partial charge in [-0.1, -0.05) is 12.1 Å². The summed E-state index contributed by atoms with van der Waals surface area (Å²) in [6.07, 6.45) is 0.0641. The number of nitrogens with two attached hydrogens (primary N) is 1. The van der Waals surface area contributed by atoms with Crippen molar-refractivity contribution in [1.29, 1.82) is 0 Å². The molecular formula is C12H16N2O5S. The zero-order valence-electron chi connectivity index (χ0n) is 11.0. The lowest BCUT2D eigenvalue weighted by Crippen LogP contribution is -2.23. The van der Waals surface area contributed by atoms with Gasteiger partial charge in [-0.3, -0.25) is 9.59 Å². The lowest BCUT2D eigenvalue weighted by Gasteiger charge is -2.05. The van der Waals surface area contributed by atoms with Crippen LogP contribution in [0.4, 0.5) is 0 Å². The molecule has 3 N–H and O–H groups in total. The first-order valence-corrected chi connectivity index (χ1v) is 7.33. The number of nitrogens with one attached hydrogen (secondary N) is 1. The molecule has 1 amide bonds. The number of rotatable bonds is 6. The monoisotopic (exact) mass is 300 g/mol. The van der Waals surface area contributed by atoms with Gasteiger partial charge < -0.3 is 10.1 Å².